The van der Waals surface area contributed by atoms with Crippen LogP contribution in [-0.4, -0.2) is 49.8 Å². The third kappa shape index (κ3) is 5.08. The molecular formula is C41H62N2O3. The van der Waals surface area contributed by atoms with Gasteiger partial charge in [0, 0.05) is 13.1 Å². The second kappa shape index (κ2) is 11.9. The number of hydroxylamine groups is 1. The minimum atomic E-state index is -0.858. The zero-order valence-electron chi connectivity index (χ0n) is 30.2. The number of allylic oxidation sites excluding steroid dienone is 3. The summed E-state index contributed by atoms with van der Waals surface area (Å²) in [5.74, 6) is 2.43. The predicted molar refractivity (Wildman–Crippen MR) is 188 cm³/mol. The number of fused-ring (bicyclic) bond motifs is 7. The summed E-state index contributed by atoms with van der Waals surface area (Å²) in [6, 6.07) is 7.62. The van der Waals surface area contributed by atoms with E-state index in [0.29, 0.717) is 46.0 Å². The molecule has 0 heterocycles. The average Bonchev–Trinajstić information content (AvgIpc) is 3.37. The maximum atomic E-state index is 11.5. The molecule has 46 heavy (non-hydrogen) atoms. The summed E-state index contributed by atoms with van der Waals surface area (Å²) in [6.07, 6.45) is 14.0. The number of hydrogen-bond acceptors (Lipinski definition) is 4. The largest absolute Gasteiger partial charge is 0.478 e. The molecule has 2 N–H and O–H groups in total. The van der Waals surface area contributed by atoms with Crippen molar-refractivity contribution in [2.75, 3.05) is 33.8 Å². The van der Waals surface area contributed by atoms with Crippen LogP contribution in [0.2, 0.25) is 0 Å². The first-order chi connectivity index (χ1) is 21.6. The lowest BCUT2D eigenvalue weighted by atomic mass is 9.32. The Bertz CT molecular complexity index is 1360. The van der Waals surface area contributed by atoms with Gasteiger partial charge in [-0.3, -0.25) is 0 Å². The molecule has 0 aromatic heterocycles. The Balaban J connectivity index is 1.29. The molecule has 254 valence electrons. The summed E-state index contributed by atoms with van der Waals surface area (Å²) >= 11 is 0. The summed E-state index contributed by atoms with van der Waals surface area (Å²) in [5, 5.41) is 9.47. The van der Waals surface area contributed by atoms with Gasteiger partial charge in [0.15, 0.2) is 0 Å². The highest BCUT2D eigenvalue weighted by molar-refractivity contribution is 5.88. The minimum absolute atomic E-state index is 0.0337. The molecule has 1 aromatic carbocycles. The van der Waals surface area contributed by atoms with Crippen LogP contribution in [-0.2, 0) is 4.84 Å². The lowest BCUT2D eigenvalue weighted by molar-refractivity contribution is -0.231. The predicted octanol–water partition coefficient (Wildman–Crippen LogP) is 9.12. The van der Waals surface area contributed by atoms with E-state index in [0.717, 1.165) is 26.1 Å². The van der Waals surface area contributed by atoms with Crippen molar-refractivity contribution in [2.24, 2.45) is 56.7 Å². The van der Waals surface area contributed by atoms with Crippen molar-refractivity contribution in [2.45, 2.75) is 99.3 Å². The first-order valence-corrected chi connectivity index (χ1v) is 18.3. The van der Waals surface area contributed by atoms with Gasteiger partial charge in [-0.25, -0.2) is 10.3 Å². The van der Waals surface area contributed by atoms with Gasteiger partial charge >= 0.3 is 5.97 Å². The fourth-order valence-electron chi connectivity index (χ4n) is 13.0. The molecule has 0 saturated heterocycles. The number of aromatic carboxylic acids is 1. The summed E-state index contributed by atoms with van der Waals surface area (Å²) in [6.45, 7) is 22.6. The molecule has 6 rings (SSSR count). The highest BCUT2D eigenvalue weighted by atomic mass is 16.6. The number of nitrogens with one attached hydrogen (secondary N) is 1. The molecule has 0 bridgehead atoms. The van der Waals surface area contributed by atoms with Crippen molar-refractivity contribution < 1.29 is 14.7 Å². The van der Waals surface area contributed by atoms with Crippen molar-refractivity contribution in [1.82, 2.24) is 10.4 Å². The molecule has 0 amide bonds. The summed E-state index contributed by atoms with van der Waals surface area (Å²) in [4.78, 5) is 20.1. The van der Waals surface area contributed by atoms with Gasteiger partial charge in [0.25, 0.3) is 0 Å². The Morgan fingerprint density at radius 2 is 1.67 bits per heavy atom. The Morgan fingerprint density at radius 3 is 2.33 bits per heavy atom. The second-order valence-corrected chi connectivity index (χ2v) is 18.0. The van der Waals surface area contributed by atoms with Crippen molar-refractivity contribution in [3.8, 4) is 0 Å². The van der Waals surface area contributed by atoms with E-state index in [-0.39, 0.29) is 16.2 Å². The van der Waals surface area contributed by atoms with Gasteiger partial charge in [-0.2, -0.15) is 0 Å². The van der Waals surface area contributed by atoms with Gasteiger partial charge in [0.1, 0.15) is 0 Å². The van der Waals surface area contributed by atoms with Crippen LogP contribution in [0.25, 0.3) is 5.57 Å². The van der Waals surface area contributed by atoms with Crippen molar-refractivity contribution >= 4 is 11.5 Å². The van der Waals surface area contributed by atoms with Crippen LogP contribution in [0, 0.1) is 56.7 Å². The molecule has 5 aliphatic rings. The van der Waals surface area contributed by atoms with E-state index in [2.05, 4.69) is 78.7 Å². The Labute approximate surface area is 279 Å². The Hall–Kier alpha value is -1.95. The Morgan fingerprint density at radius 1 is 0.957 bits per heavy atom. The van der Waals surface area contributed by atoms with Crippen molar-refractivity contribution in [3.05, 3.63) is 53.6 Å². The normalized spacial score (nSPS) is 41.2. The van der Waals surface area contributed by atoms with Gasteiger partial charge in [0.2, 0.25) is 0 Å². The molecule has 5 aliphatic carbocycles. The molecule has 4 unspecified atom stereocenters. The van der Waals surface area contributed by atoms with Crippen molar-refractivity contribution in [3.63, 3.8) is 0 Å². The third-order valence-corrected chi connectivity index (χ3v) is 15.4. The zero-order chi connectivity index (χ0) is 33.3. The van der Waals surface area contributed by atoms with Crippen LogP contribution in [0.1, 0.15) is 115 Å². The molecule has 1 aromatic rings. The fourth-order valence-corrected chi connectivity index (χ4v) is 13.0. The number of carbonyl (C=O) groups is 1. The van der Waals surface area contributed by atoms with Gasteiger partial charge < -0.3 is 14.8 Å². The number of hydrogen-bond donors (Lipinski definition) is 2. The van der Waals surface area contributed by atoms with Gasteiger partial charge in [0.05, 0.1) is 12.2 Å². The molecule has 5 nitrogen and oxygen atoms in total. The second-order valence-electron chi connectivity index (χ2n) is 18.0. The molecule has 4 fully saturated rings. The number of likely N-dealkylation sites (N-methyl/N-ethyl adjacent to an activating group) is 1. The zero-order valence-corrected chi connectivity index (χ0v) is 30.2. The number of nitrogens with zero attached hydrogens (tertiary/aromatic N) is 1. The van der Waals surface area contributed by atoms with E-state index in [1.807, 2.05) is 12.1 Å². The SMILES string of the molecule is C=C(C)[C@@H]1CC[C@]2(CONCCN(C)C)CC[C@]3(C)C(CCC4[C@@]5(C)CC=C(c6ccc(C(=O)O)cc6)C(C)(C)C5CC[C@]43C)C12. The summed E-state index contributed by atoms with van der Waals surface area (Å²) in [5.41, 5.74) is 8.84. The molecule has 9 atom stereocenters. The minimum Gasteiger partial charge on any atom is -0.478 e. The highest BCUT2D eigenvalue weighted by Gasteiger charge is 2.70. The number of carboxylic acid groups (broad SMARTS) is 1. The Kier molecular flexibility index (Phi) is 8.76. The van der Waals surface area contributed by atoms with Crippen LogP contribution in [0.4, 0.5) is 0 Å². The molecular weight excluding hydrogens is 568 g/mol. The molecule has 5 heteroatoms. The summed E-state index contributed by atoms with van der Waals surface area (Å²) < 4.78 is 0. The van der Waals surface area contributed by atoms with Crippen LogP contribution in [0.5, 0.6) is 0 Å². The molecule has 0 spiro atoms. The molecule has 0 radical (unpaired) electrons. The van der Waals surface area contributed by atoms with Crippen LogP contribution in [0.15, 0.2) is 42.5 Å². The quantitative estimate of drug-likeness (QED) is 0.162. The number of rotatable bonds is 9. The molecule has 4 saturated carbocycles. The topological polar surface area (TPSA) is 61.8 Å². The van der Waals surface area contributed by atoms with E-state index < -0.39 is 5.97 Å². The van der Waals surface area contributed by atoms with Crippen molar-refractivity contribution in [1.29, 1.82) is 0 Å². The maximum absolute atomic E-state index is 11.5. The van der Waals surface area contributed by atoms with E-state index >= 15 is 0 Å². The van der Waals surface area contributed by atoms with Gasteiger partial charge in [-0.15, -0.1) is 0 Å². The summed E-state index contributed by atoms with van der Waals surface area (Å²) in [7, 11) is 4.23. The number of benzene rings is 1. The van der Waals surface area contributed by atoms with Gasteiger partial charge in [-0.05, 0) is 159 Å². The van der Waals surface area contributed by atoms with Crippen LogP contribution in [0.3, 0.4) is 0 Å². The standard InChI is InChI=1S/C41H62N2O3/c1-27(2)30-16-21-41(26-46-42-24-25-43(8)9)23-22-39(6)32(35(30)41)14-15-34-38(5)19-17-31(28-10-12-29(13-11-28)36(44)45)37(3,4)33(38)18-20-40(34,39)7/h10-13,17,30,32-35,42H,1,14-16,18-26H2,2-9H3,(H,44,45)/t30-,32?,33?,34?,35?,38-,39+,40+,41+/m0/s1. The van der Waals surface area contributed by atoms with E-state index in [1.54, 1.807) is 12.1 Å². The fraction of sp³-hybridized carbons (Fsp3) is 0.732. The molecule has 0 aliphatic heterocycles. The first kappa shape index (κ1) is 33.9. The van der Waals surface area contributed by atoms with E-state index in [1.165, 1.54) is 68.1 Å². The van der Waals surface area contributed by atoms with E-state index in [4.69, 9.17) is 4.84 Å². The van der Waals surface area contributed by atoms with Crippen LogP contribution < -0.4 is 5.48 Å². The first-order valence-electron chi connectivity index (χ1n) is 18.3. The third-order valence-electron chi connectivity index (χ3n) is 15.4. The lowest BCUT2D eigenvalue weighted by Gasteiger charge is -2.72. The van der Waals surface area contributed by atoms with Gasteiger partial charge in [-0.1, -0.05) is 65.0 Å². The smallest absolute Gasteiger partial charge is 0.335 e. The monoisotopic (exact) mass is 630 g/mol. The van der Waals surface area contributed by atoms with Crippen LogP contribution >= 0.6 is 0 Å². The number of carboxylic acids is 1. The maximum Gasteiger partial charge on any atom is 0.335 e. The average molecular weight is 631 g/mol. The lowest BCUT2D eigenvalue weighted by Crippen LogP contribution is -2.65. The van der Waals surface area contributed by atoms with E-state index in [9.17, 15) is 9.90 Å². The highest BCUT2D eigenvalue weighted by Crippen LogP contribution is 2.77.